The van der Waals surface area contributed by atoms with E-state index in [0.29, 0.717) is 6.54 Å². The van der Waals surface area contributed by atoms with Crippen LogP contribution in [0.15, 0.2) is 24.3 Å². The Balaban J connectivity index is 0.000000697. The van der Waals surface area contributed by atoms with E-state index in [1.54, 1.807) is 7.11 Å². The molecule has 0 radical (unpaired) electrons. The predicted molar refractivity (Wildman–Crippen MR) is 84.6 cm³/mol. The minimum absolute atomic E-state index is 0.164. The molecule has 0 amide bonds. The highest BCUT2D eigenvalue weighted by Crippen LogP contribution is 2.26. The first-order valence-electron chi connectivity index (χ1n) is 7.39. The van der Waals surface area contributed by atoms with E-state index in [1.807, 2.05) is 31.3 Å². The largest absolute Gasteiger partial charge is 0.497 e. The van der Waals surface area contributed by atoms with Crippen LogP contribution in [0.4, 0.5) is 13.2 Å². The maximum atomic E-state index is 10.6. The molecule has 25 heavy (non-hydrogen) atoms. The molecule has 0 bridgehead atoms. The maximum Gasteiger partial charge on any atom is 0.490 e. The molecule has 2 N–H and O–H groups in total. The summed E-state index contributed by atoms with van der Waals surface area (Å²) in [5.74, 6) is -2.69. The fourth-order valence-electron chi connectivity index (χ4n) is 2.08. The molecule has 0 aliphatic carbocycles. The van der Waals surface area contributed by atoms with Gasteiger partial charge in [-0.15, -0.1) is 0 Å². The van der Waals surface area contributed by atoms with Crippen molar-refractivity contribution in [2.24, 2.45) is 0 Å². The average Bonchev–Trinajstić information content (AvgIpc) is 2.53. The van der Waals surface area contributed by atoms with Crippen LogP contribution in [0.2, 0.25) is 0 Å². The summed E-state index contributed by atoms with van der Waals surface area (Å²) in [5.41, 5.74) is 1.16. The molecule has 1 rings (SSSR count). The number of methoxy groups -OCH3 is 1. The molecule has 1 aromatic carbocycles. The smallest absolute Gasteiger partial charge is 0.490 e. The molecule has 0 saturated carbocycles. The summed E-state index contributed by atoms with van der Waals surface area (Å²) >= 11 is 0. The minimum atomic E-state index is -5.08. The number of rotatable bonds is 7. The highest BCUT2D eigenvalue weighted by molar-refractivity contribution is 5.73. The van der Waals surface area contributed by atoms with Crippen molar-refractivity contribution in [3.05, 3.63) is 29.8 Å². The van der Waals surface area contributed by atoms with Gasteiger partial charge in [0.05, 0.1) is 13.5 Å². The zero-order valence-electron chi connectivity index (χ0n) is 14.2. The summed E-state index contributed by atoms with van der Waals surface area (Å²) in [7, 11) is 3.60. The van der Waals surface area contributed by atoms with Crippen molar-refractivity contribution >= 4 is 11.9 Å². The van der Waals surface area contributed by atoms with Gasteiger partial charge in [-0.1, -0.05) is 19.1 Å². The van der Waals surface area contributed by atoms with Crippen molar-refractivity contribution < 1.29 is 37.7 Å². The van der Waals surface area contributed by atoms with E-state index in [1.165, 1.54) is 0 Å². The Morgan fingerprint density at radius 3 is 2.24 bits per heavy atom. The molecular formula is C16H22F3NO5. The number of nitrogens with zero attached hydrogens (tertiary/aromatic N) is 1. The Kier molecular flexibility index (Phi) is 9.58. The summed E-state index contributed by atoms with van der Waals surface area (Å²) in [6, 6.07) is 8.15. The number of carboxylic acids is 2. The lowest BCUT2D eigenvalue weighted by molar-refractivity contribution is -0.192. The third kappa shape index (κ3) is 8.94. The maximum absolute atomic E-state index is 10.6. The van der Waals surface area contributed by atoms with Gasteiger partial charge in [-0.25, -0.2) is 4.79 Å². The molecule has 0 fully saturated rings. The second-order valence-corrected chi connectivity index (χ2v) is 5.13. The number of carbonyl (C=O) groups is 2. The van der Waals surface area contributed by atoms with Crippen LogP contribution in [0.25, 0.3) is 0 Å². The zero-order valence-corrected chi connectivity index (χ0v) is 14.2. The molecule has 1 atom stereocenters. The first-order valence-corrected chi connectivity index (χ1v) is 7.39. The van der Waals surface area contributed by atoms with E-state index in [4.69, 9.17) is 19.7 Å². The van der Waals surface area contributed by atoms with E-state index in [9.17, 15) is 18.0 Å². The van der Waals surface area contributed by atoms with E-state index in [2.05, 4.69) is 11.8 Å². The molecule has 0 saturated heterocycles. The molecule has 6 nitrogen and oxygen atoms in total. The lowest BCUT2D eigenvalue weighted by Crippen LogP contribution is -2.26. The van der Waals surface area contributed by atoms with E-state index >= 15 is 0 Å². The number of hydrogen-bond donors (Lipinski definition) is 2. The zero-order chi connectivity index (χ0) is 19.6. The third-order valence-corrected chi connectivity index (χ3v) is 3.32. The number of benzene rings is 1. The lowest BCUT2D eigenvalue weighted by atomic mass is 10.0. The molecular weight excluding hydrogens is 343 g/mol. The molecule has 0 heterocycles. The number of alkyl halides is 3. The second kappa shape index (κ2) is 10.5. The second-order valence-electron chi connectivity index (χ2n) is 5.13. The molecule has 1 aromatic rings. The number of ether oxygens (including phenoxy) is 1. The van der Waals surface area contributed by atoms with Gasteiger partial charge in [-0.3, -0.25) is 9.69 Å². The van der Waals surface area contributed by atoms with Crippen LogP contribution in [-0.4, -0.2) is 53.9 Å². The van der Waals surface area contributed by atoms with Crippen LogP contribution in [0, 0.1) is 0 Å². The van der Waals surface area contributed by atoms with Crippen LogP contribution >= 0.6 is 0 Å². The predicted octanol–water partition coefficient (Wildman–Crippen LogP) is 3.19. The Hall–Kier alpha value is -2.29. The molecule has 9 heteroatoms. The Labute approximate surface area is 143 Å². The summed E-state index contributed by atoms with van der Waals surface area (Å²) in [5, 5.41) is 15.8. The van der Waals surface area contributed by atoms with E-state index in [0.717, 1.165) is 17.7 Å². The van der Waals surface area contributed by atoms with E-state index in [-0.39, 0.29) is 12.5 Å². The quantitative estimate of drug-likeness (QED) is 0.772. The number of carboxylic acid groups (broad SMARTS) is 2. The van der Waals surface area contributed by atoms with Gasteiger partial charge >= 0.3 is 18.1 Å². The first-order chi connectivity index (χ1) is 11.5. The summed E-state index contributed by atoms with van der Waals surface area (Å²) in [6.45, 7) is 2.65. The molecule has 0 aromatic heterocycles. The normalized spacial score (nSPS) is 12.1. The van der Waals surface area contributed by atoms with Crippen molar-refractivity contribution in [1.29, 1.82) is 0 Å². The molecule has 0 aliphatic heterocycles. The number of halogens is 3. The fourth-order valence-corrected chi connectivity index (χ4v) is 2.08. The Morgan fingerprint density at radius 1 is 1.28 bits per heavy atom. The van der Waals surface area contributed by atoms with Crippen molar-refractivity contribution in [1.82, 2.24) is 4.90 Å². The summed E-state index contributed by atoms with van der Waals surface area (Å²) in [4.78, 5) is 21.6. The van der Waals surface area contributed by atoms with Crippen LogP contribution in [-0.2, 0) is 9.59 Å². The highest BCUT2D eigenvalue weighted by Gasteiger charge is 2.38. The van der Waals surface area contributed by atoms with Crippen molar-refractivity contribution in [2.45, 2.75) is 32.0 Å². The average molecular weight is 365 g/mol. The van der Waals surface area contributed by atoms with Crippen LogP contribution in [0.1, 0.15) is 31.4 Å². The van der Waals surface area contributed by atoms with Crippen molar-refractivity contribution in [2.75, 3.05) is 20.7 Å². The first kappa shape index (κ1) is 22.7. The minimum Gasteiger partial charge on any atom is -0.497 e. The number of aliphatic carboxylic acids is 2. The van der Waals surface area contributed by atoms with Crippen LogP contribution < -0.4 is 4.74 Å². The SMILES string of the molecule is CCC(c1cccc(OC)c1)N(C)CCC(=O)O.O=C(O)C(F)(F)F. The fraction of sp³-hybridized carbons (Fsp3) is 0.500. The summed E-state index contributed by atoms with van der Waals surface area (Å²) < 4.78 is 37.0. The van der Waals surface area contributed by atoms with Gasteiger partial charge in [0, 0.05) is 12.6 Å². The van der Waals surface area contributed by atoms with Crippen molar-refractivity contribution in [3.63, 3.8) is 0 Å². The van der Waals surface area contributed by atoms with Gasteiger partial charge in [0.15, 0.2) is 0 Å². The Bertz CT molecular complexity index is 563. The van der Waals surface area contributed by atoms with Gasteiger partial charge in [-0.05, 0) is 31.2 Å². The van der Waals surface area contributed by atoms with Gasteiger partial charge in [0.25, 0.3) is 0 Å². The molecule has 1 unspecified atom stereocenters. The standard InChI is InChI=1S/C14H21NO3.C2HF3O2/c1-4-13(15(2)9-8-14(16)17)11-6-5-7-12(10-11)18-3;3-2(4,5)1(6)7/h5-7,10,13H,4,8-9H2,1-3H3,(H,16,17);(H,6,7). The van der Waals surface area contributed by atoms with Gasteiger partial charge < -0.3 is 14.9 Å². The third-order valence-electron chi connectivity index (χ3n) is 3.32. The topological polar surface area (TPSA) is 87.1 Å². The molecule has 0 aliphatic rings. The van der Waals surface area contributed by atoms with Crippen LogP contribution in [0.3, 0.4) is 0 Å². The van der Waals surface area contributed by atoms with Crippen molar-refractivity contribution in [3.8, 4) is 5.75 Å². The van der Waals surface area contributed by atoms with E-state index < -0.39 is 18.1 Å². The summed E-state index contributed by atoms with van der Waals surface area (Å²) in [6.07, 6.45) is -3.99. The van der Waals surface area contributed by atoms with Gasteiger partial charge in [-0.2, -0.15) is 13.2 Å². The molecule has 142 valence electrons. The lowest BCUT2D eigenvalue weighted by Gasteiger charge is -2.27. The van der Waals surface area contributed by atoms with Gasteiger partial charge in [0.1, 0.15) is 5.75 Å². The van der Waals surface area contributed by atoms with Crippen LogP contribution in [0.5, 0.6) is 5.75 Å². The monoisotopic (exact) mass is 365 g/mol. The highest BCUT2D eigenvalue weighted by atomic mass is 19.4. The molecule has 0 spiro atoms. The Morgan fingerprint density at radius 2 is 1.84 bits per heavy atom. The van der Waals surface area contributed by atoms with Gasteiger partial charge in [0.2, 0.25) is 0 Å². The number of hydrogen-bond acceptors (Lipinski definition) is 4.